The van der Waals surface area contributed by atoms with Crippen molar-refractivity contribution in [3.8, 4) is 0 Å². The van der Waals surface area contributed by atoms with Gasteiger partial charge in [0, 0.05) is 41.8 Å². The van der Waals surface area contributed by atoms with Crippen LogP contribution in [0.3, 0.4) is 0 Å². The summed E-state index contributed by atoms with van der Waals surface area (Å²) in [5.74, 6) is -0.168. The van der Waals surface area contributed by atoms with Gasteiger partial charge in [-0.1, -0.05) is 12.1 Å². The summed E-state index contributed by atoms with van der Waals surface area (Å²) >= 11 is 1.60. The Morgan fingerprint density at radius 3 is 2.75 bits per heavy atom. The number of carbonyl (C=O) groups is 1. The minimum atomic E-state index is -0.477. The van der Waals surface area contributed by atoms with Crippen molar-refractivity contribution in [1.82, 2.24) is 4.90 Å². The van der Waals surface area contributed by atoms with Gasteiger partial charge in [0.15, 0.2) is 0 Å². The molecule has 1 fully saturated rings. The zero-order valence-corrected chi connectivity index (χ0v) is 13.9. The van der Waals surface area contributed by atoms with Gasteiger partial charge in [0.2, 0.25) is 0 Å². The van der Waals surface area contributed by atoms with Crippen molar-refractivity contribution < 1.29 is 14.5 Å². The molecule has 1 aliphatic rings. The molecular weight excluding hydrogens is 328 g/mol. The predicted molar refractivity (Wildman–Crippen MR) is 91.1 cm³/mol. The predicted octanol–water partition coefficient (Wildman–Crippen LogP) is 3.48. The topological polar surface area (TPSA) is 72.7 Å². The zero-order chi connectivity index (χ0) is 16.9. The molecule has 6 nitrogen and oxygen atoms in total. The van der Waals surface area contributed by atoms with E-state index in [-0.39, 0.29) is 17.6 Å². The largest absolute Gasteiger partial charge is 0.381 e. The van der Waals surface area contributed by atoms with Gasteiger partial charge in [-0.25, -0.2) is 0 Å². The number of ether oxygens (including phenoxy) is 1. The summed E-state index contributed by atoms with van der Waals surface area (Å²) in [6.45, 7) is 1.78. The number of nitro benzene ring substituents is 1. The molecule has 0 unspecified atom stereocenters. The molecule has 2 heterocycles. The highest BCUT2D eigenvalue weighted by Crippen LogP contribution is 2.23. The normalized spacial score (nSPS) is 15.2. The third-order valence-corrected chi connectivity index (χ3v) is 4.96. The summed E-state index contributed by atoms with van der Waals surface area (Å²) in [7, 11) is 0. The molecule has 0 bridgehead atoms. The summed E-state index contributed by atoms with van der Waals surface area (Å²) in [5.41, 5.74) is 0.288. The summed E-state index contributed by atoms with van der Waals surface area (Å²) < 4.78 is 5.40. The van der Waals surface area contributed by atoms with Crippen molar-refractivity contribution >= 4 is 22.9 Å². The first kappa shape index (κ1) is 16.6. The van der Waals surface area contributed by atoms with E-state index in [0.717, 1.165) is 17.7 Å². The van der Waals surface area contributed by atoms with Gasteiger partial charge in [-0.15, -0.1) is 11.3 Å². The number of carbonyl (C=O) groups excluding carboxylic acids is 1. The van der Waals surface area contributed by atoms with Gasteiger partial charge in [0.05, 0.1) is 11.5 Å². The van der Waals surface area contributed by atoms with Crippen LogP contribution in [0.1, 0.15) is 28.1 Å². The van der Waals surface area contributed by atoms with Crippen LogP contribution in [0.5, 0.6) is 0 Å². The fraction of sp³-hybridized carbons (Fsp3) is 0.353. The number of thiophene rings is 1. The van der Waals surface area contributed by atoms with Crippen LogP contribution in [-0.4, -0.2) is 35.0 Å². The molecule has 7 heteroatoms. The Labute approximate surface area is 143 Å². The molecule has 0 spiro atoms. The smallest absolute Gasteiger partial charge is 0.270 e. The third kappa shape index (κ3) is 3.80. The maximum absolute atomic E-state index is 13.0. The number of nitrogens with zero attached hydrogens (tertiary/aromatic N) is 2. The van der Waals surface area contributed by atoms with Crippen LogP contribution in [0.4, 0.5) is 5.69 Å². The second-order valence-electron chi connectivity index (χ2n) is 5.66. The molecule has 0 atom stereocenters. The summed E-state index contributed by atoms with van der Waals surface area (Å²) in [6, 6.07) is 9.98. The van der Waals surface area contributed by atoms with Crippen LogP contribution >= 0.6 is 11.3 Å². The number of non-ortho nitro benzene ring substituents is 1. The lowest BCUT2D eigenvalue weighted by molar-refractivity contribution is -0.384. The highest BCUT2D eigenvalue weighted by molar-refractivity contribution is 7.09. The molecule has 3 rings (SSSR count). The van der Waals surface area contributed by atoms with Crippen molar-refractivity contribution in [2.24, 2.45) is 0 Å². The Bertz CT molecular complexity index is 711. The Kier molecular flexibility index (Phi) is 5.22. The molecule has 1 saturated heterocycles. The maximum atomic E-state index is 13.0. The second-order valence-corrected chi connectivity index (χ2v) is 6.70. The Morgan fingerprint density at radius 2 is 2.08 bits per heavy atom. The van der Waals surface area contributed by atoms with Gasteiger partial charge >= 0.3 is 0 Å². The van der Waals surface area contributed by atoms with E-state index in [9.17, 15) is 14.9 Å². The van der Waals surface area contributed by atoms with E-state index in [1.807, 2.05) is 22.4 Å². The number of hydrogen-bond donors (Lipinski definition) is 0. The molecule has 126 valence electrons. The Morgan fingerprint density at radius 1 is 1.29 bits per heavy atom. The minimum absolute atomic E-state index is 0.0658. The third-order valence-electron chi connectivity index (χ3n) is 4.10. The molecule has 0 radical (unpaired) electrons. The van der Waals surface area contributed by atoms with E-state index in [2.05, 4.69) is 0 Å². The highest BCUT2D eigenvalue weighted by atomic mass is 32.1. The van der Waals surface area contributed by atoms with Crippen LogP contribution < -0.4 is 0 Å². The summed E-state index contributed by atoms with van der Waals surface area (Å²) in [4.78, 5) is 26.4. The van der Waals surface area contributed by atoms with Gasteiger partial charge in [-0.2, -0.15) is 0 Å². The molecule has 24 heavy (non-hydrogen) atoms. The number of nitro groups is 1. The van der Waals surface area contributed by atoms with E-state index in [4.69, 9.17) is 4.74 Å². The molecule has 0 saturated carbocycles. The monoisotopic (exact) mass is 346 g/mol. The molecule has 2 aromatic rings. The number of amides is 1. The first-order valence-electron chi connectivity index (χ1n) is 7.80. The van der Waals surface area contributed by atoms with Crippen LogP contribution in [0.25, 0.3) is 0 Å². The van der Waals surface area contributed by atoms with Gasteiger partial charge in [-0.3, -0.25) is 14.9 Å². The van der Waals surface area contributed by atoms with Crippen molar-refractivity contribution in [2.75, 3.05) is 13.2 Å². The zero-order valence-electron chi connectivity index (χ0n) is 13.1. The first-order chi connectivity index (χ1) is 11.6. The van der Waals surface area contributed by atoms with Crippen LogP contribution in [0, 0.1) is 10.1 Å². The SMILES string of the molecule is O=C(c1cccc([N+](=O)[O-])c1)N(Cc1cccs1)C1CCOCC1. The van der Waals surface area contributed by atoms with Gasteiger partial charge < -0.3 is 9.64 Å². The van der Waals surface area contributed by atoms with Gasteiger partial charge in [-0.05, 0) is 30.4 Å². The lowest BCUT2D eigenvalue weighted by Gasteiger charge is -2.34. The van der Waals surface area contributed by atoms with E-state index < -0.39 is 4.92 Å². The summed E-state index contributed by atoms with van der Waals surface area (Å²) in [5, 5.41) is 13.0. The molecule has 0 N–H and O–H groups in total. The fourth-order valence-corrected chi connectivity index (χ4v) is 3.55. The van der Waals surface area contributed by atoms with Crippen molar-refractivity contribution in [2.45, 2.75) is 25.4 Å². The number of benzene rings is 1. The van der Waals surface area contributed by atoms with Crippen LogP contribution in [0.2, 0.25) is 0 Å². The molecule has 1 aliphatic heterocycles. The molecule has 1 aromatic carbocycles. The molecular formula is C17H18N2O4S. The Balaban J connectivity index is 1.87. The fourth-order valence-electron chi connectivity index (χ4n) is 2.85. The van der Waals surface area contributed by atoms with Crippen molar-refractivity contribution in [1.29, 1.82) is 0 Å². The second kappa shape index (κ2) is 7.55. The average molecular weight is 346 g/mol. The maximum Gasteiger partial charge on any atom is 0.270 e. The quantitative estimate of drug-likeness (QED) is 0.614. The molecule has 0 aliphatic carbocycles. The number of hydrogen-bond acceptors (Lipinski definition) is 5. The first-order valence-corrected chi connectivity index (χ1v) is 8.68. The van der Waals surface area contributed by atoms with Gasteiger partial charge in [0.1, 0.15) is 0 Å². The minimum Gasteiger partial charge on any atom is -0.381 e. The lowest BCUT2D eigenvalue weighted by atomic mass is 10.0. The Hall–Kier alpha value is -2.25. The van der Waals surface area contributed by atoms with Crippen molar-refractivity contribution in [3.63, 3.8) is 0 Å². The lowest BCUT2D eigenvalue weighted by Crippen LogP contribution is -2.42. The van der Waals surface area contributed by atoms with Crippen LogP contribution in [0.15, 0.2) is 41.8 Å². The van der Waals surface area contributed by atoms with E-state index in [0.29, 0.717) is 25.3 Å². The summed E-state index contributed by atoms with van der Waals surface area (Å²) in [6.07, 6.45) is 1.57. The van der Waals surface area contributed by atoms with Gasteiger partial charge in [0.25, 0.3) is 11.6 Å². The van der Waals surface area contributed by atoms with E-state index in [1.54, 1.807) is 23.5 Å². The molecule has 1 amide bonds. The van der Waals surface area contributed by atoms with E-state index >= 15 is 0 Å². The average Bonchev–Trinajstić information content (AvgIpc) is 3.13. The van der Waals surface area contributed by atoms with Crippen molar-refractivity contribution in [3.05, 3.63) is 62.3 Å². The van der Waals surface area contributed by atoms with Crippen LogP contribution in [-0.2, 0) is 11.3 Å². The molecule has 1 aromatic heterocycles. The number of rotatable bonds is 5. The standard InChI is InChI=1S/C17H18N2O4S/c20-17(13-3-1-4-15(11-13)19(21)22)18(12-16-5-2-10-24-16)14-6-8-23-9-7-14/h1-5,10-11,14H,6-9,12H2. The highest BCUT2D eigenvalue weighted by Gasteiger charge is 2.27. The van der Waals surface area contributed by atoms with E-state index in [1.165, 1.54) is 12.1 Å².